The number of hydrogen-bond acceptors (Lipinski definition) is 2. The third-order valence-electron chi connectivity index (χ3n) is 4.79. The van der Waals surface area contributed by atoms with E-state index in [1.165, 1.54) is 11.1 Å². The van der Waals surface area contributed by atoms with Crippen LogP contribution in [0.2, 0.25) is 5.02 Å². The van der Waals surface area contributed by atoms with Crippen LogP contribution in [0.25, 0.3) is 0 Å². The minimum absolute atomic E-state index is 0.119. The minimum atomic E-state index is -0.121. The van der Waals surface area contributed by atoms with E-state index in [2.05, 4.69) is 48.3 Å². The maximum Gasteiger partial charge on any atom is 0.252 e. The van der Waals surface area contributed by atoms with Gasteiger partial charge in [0.05, 0.1) is 10.6 Å². The number of nitrogens with zero attached hydrogens (tertiary/aromatic N) is 1. The molecule has 0 bridgehead atoms. The van der Waals surface area contributed by atoms with E-state index < -0.39 is 0 Å². The third kappa shape index (κ3) is 3.63. The first-order valence-electron chi connectivity index (χ1n) is 8.32. The number of halogens is 1. The normalized spacial score (nSPS) is 15.0. The van der Waals surface area contributed by atoms with Gasteiger partial charge in [0, 0.05) is 25.2 Å². The van der Waals surface area contributed by atoms with Gasteiger partial charge in [-0.2, -0.15) is 0 Å². The highest BCUT2D eigenvalue weighted by molar-refractivity contribution is 6.33. The molecule has 0 radical (unpaired) electrons. The van der Waals surface area contributed by atoms with E-state index in [9.17, 15) is 4.79 Å². The van der Waals surface area contributed by atoms with E-state index in [1.807, 2.05) is 12.1 Å². The summed E-state index contributed by atoms with van der Waals surface area (Å²) in [6.07, 6.45) is 1.05. The summed E-state index contributed by atoms with van der Waals surface area (Å²) in [5.74, 6) is -0.119. The quantitative estimate of drug-likeness (QED) is 0.913. The second-order valence-electron chi connectivity index (χ2n) is 6.92. The van der Waals surface area contributed by atoms with Gasteiger partial charge in [0.2, 0.25) is 0 Å². The molecule has 2 aromatic rings. The summed E-state index contributed by atoms with van der Waals surface area (Å²) in [7, 11) is 0. The molecule has 1 N–H and O–H groups in total. The van der Waals surface area contributed by atoms with E-state index in [4.69, 9.17) is 11.6 Å². The average Bonchev–Trinajstić information content (AvgIpc) is 2.60. The van der Waals surface area contributed by atoms with Crippen LogP contribution >= 0.6 is 11.6 Å². The molecular weight excluding hydrogens is 320 g/mol. The Morgan fingerprint density at radius 2 is 1.79 bits per heavy atom. The zero-order valence-corrected chi connectivity index (χ0v) is 14.9. The highest BCUT2D eigenvalue weighted by Crippen LogP contribution is 2.25. The molecule has 0 aliphatic carbocycles. The molecule has 3 rings (SSSR count). The first-order chi connectivity index (χ1) is 11.5. The maximum atomic E-state index is 12.4. The average molecular weight is 343 g/mol. The van der Waals surface area contributed by atoms with Gasteiger partial charge in [0.25, 0.3) is 5.91 Å². The van der Waals surface area contributed by atoms with Gasteiger partial charge >= 0.3 is 0 Å². The van der Waals surface area contributed by atoms with Crippen LogP contribution in [0.3, 0.4) is 0 Å². The molecule has 0 atom stereocenters. The monoisotopic (exact) mass is 342 g/mol. The molecule has 1 amide bonds. The predicted molar refractivity (Wildman–Crippen MR) is 98.4 cm³/mol. The smallest absolute Gasteiger partial charge is 0.252 e. The molecule has 126 valence electrons. The largest absolute Gasteiger partial charge is 0.350 e. The van der Waals surface area contributed by atoms with Crippen LogP contribution in [0.15, 0.2) is 48.5 Å². The van der Waals surface area contributed by atoms with Crippen molar-refractivity contribution in [1.82, 2.24) is 10.2 Å². The van der Waals surface area contributed by atoms with E-state index >= 15 is 0 Å². The summed E-state index contributed by atoms with van der Waals surface area (Å²) in [5.41, 5.74) is 3.22. The molecule has 0 spiro atoms. The fourth-order valence-corrected chi connectivity index (χ4v) is 3.38. The van der Waals surface area contributed by atoms with E-state index in [1.54, 1.807) is 12.1 Å². The Morgan fingerprint density at radius 1 is 1.12 bits per heavy atom. The van der Waals surface area contributed by atoms with Gasteiger partial charge in [-0.15, -0.1) is 0 Å². The van der Waals surface area contributed by atoms with E-state index in [0.717, 1.165) is 19.5 Å². The molecule has 1 heterocycles. The molecule has 0 fully saturated rings. The van der Waals surface area contributed by atoms with Gasteiger partial charge in [0.15, 0.2) is 0 Å². The summed E-state index contributed by atoms with van der Waals surface area (Å²) in [5, 5.41) is 3.52. The Balaban J connectivity index is 1.64. The Morgan fingerprint density at radius 3 is 2.54 bits per heavy atom. The lowest BCUT2D eigenvalue weighted by atomic mass is 9.94. The van der Waals surface area contributed by atoms with E-state index in [0.29, 0.717) is 17.1 Å². The van der Waals surface area contributed by atoms with E-state index in [-0.39, 0.29) is 11.4 Å². The molecule has 0 saturated carbocycles. The van der Waals surface area contributed by atoms with Gasteiger partial charge in [-0.05, 0) is 43.5 Å². The first kappa shape index (κ1) is 17.0. The summed E-state index contributed by atoms with van der Waals surface area (Å²) in [4.78, 5) is 14.8. The number of fused-ring (bicyclic) bond motifs is 1. The van der Waals surface area contributed by atoms with Gasteiger partial charge in [-0.1, -0.05) is 48.0 Å². The minimum Gasteiger partial charge on any atom is -0.350 e. The summed E-state index contributed by atoms with van der Waals surface area (Å²) in [6.45, 7) is 6.86. The van der Waals surface area contributed by atoms with Crippen molar-refractivity contribution < 1.29 is 4.79 Å². The Labute approximate surface area is 148 Å². The summed E-state index contributed by atoms with van der Waals surface area (Å²) in [6, 6.07) is 15.7. The van der Waals surface area contributed by atoms with Gasteiger partial charge in [-0.3, -0.25) is 9.69 Å². The first-order valence-corrected chi connectivity index (χ1v) is 8.70. The summed E-state index contributed by atoms with van der Waals surface area (Å²) >= 11 is 6.10. The highest BCUT2D eigenvalue weighted by atomic mass is 35.5. The second-order valence-corrected chi connectivity index (χ2v) is 7.32. The molecule has 24 heavy (non-hydrogen) atoms. The SMILES string of the molecule is CC(C)(CNC(=O)c1ccccc1Cl)N1CCc2ccccc2C1. The van der Waals surface area contributed by atoms with Gasteiger partial charge in [0.1, 0.15) is 0 Å². The molecule has 2 aromatic carbocycles. The van der Waals surface area contributed by atoms with Crippen LogP contribution in [0.4, 0.5) is 0 Å². The Kier molecular flexibility index (Phi) is 4.93. The zero-order chi connectivity index (χ0) is 17.2. The van der Waals surface area contributed by atoms with Crippen molar-refractivity contribution in [3.05, 3.63) is 70.2 Å². The molecule has 1 aliphatic heterocycles. The Bertz CT molecular complexity index is 742. The maximum absolute atomic E-state index is 12.4. The van der Waals surface area contributed by atoms with Crippen molar-refractivity contribution in [1.29, 1.82) is 0 Å². The zero-order valence-electron chi connectivity index (χ0n) is 14.2. The number of amides is 1. The number of rotatable bonds is 4. The van der Waals surface area contributed by atoms with Crippen LogP contribution in [0, 0.1) is 0 Å². The number of nitrogens with one attached hydrogen (secondary N) is 1. The Hall–Kier alpha value is -1.84. The molecule has 0 aromatic heterocycles. The topological polar surface area (TPSA) is 32.3 Å². The lowest BCUT2D eigenvalue weighted by Gasteiger charge is -2.41. The predicted octanol–water partition coefficient (Wildman–Crippen LogP) is 3.91. The molecule has 1 aliphatic rings. The van der Waals surface area contributed by atoms with Crippen molar-refractivity contribution in [2.24, 2.45) is 0 Å². The lowest BCUT2D eigenvalue weighted by Crippen LogP contribution is -2.53. The van der Waals surface area contributed by atoms with Crippen LogP contribution in [0.5, 0.6) is 0 Å². The third-order valence-corrected chi connectivity index (χ3v) is 5.12. The van der Waals surface area contributed by atoms with Crippen molar-refractivity contribution in [2.45, 2.75) is 32.4 Å². The fourth-order valence-electron chi connectivity index (χ4n) is 3.16. The van der Waals surface area contributed by atoms with Crippen molar-refractivity contribution in [3.63, 3.8) is 0 Å². The fraction of sp³-hybridized carbons (Fsp3) is 0.350. The molecule has 0 saturated heterocycles. The van der Waals surface area contributed by atoms with Crippen LogP contribution < -0.4 is 5.32 Å². The number of carbonyl (C=O) groups is 1. The molecular formula is C20H23ClN2O. The molecule has 3 nitrogen and oxygen atoms in total. The van der Waals surface area contributed by atoms with Gasteiger partial charge in [-0.25, -0.2) is 0 Å². The lowest BCUT2D eigenvalue weighted by molar-refractivity contribution is 0.0826. The molecule has 4 heteroatoms. The molecule has 0 unspecified atom stereocenters. The van der Waals surface area contributed by atoms with Crippen LogP contribution in [0.1, 0.15) is 35.3 Å². The number of benzene rings is 2. The van der Waals surface area contributed by atoms with Crippen LogP contribution in [-0.4, -0.2) is 29.4 Å². The highest BCUT2D eigenvalue weighted by Gasteiger charge is 2.30. The van der Waals surface area contributed by atoms with Crippen molar-refractivity contribution in [2.75, 3.05) is 13.1 Å². The van der Waals surface area contributed by atoms with Crippen molar-refractivity contribution >= 4 is 17.5 Å². The summed E-state index contributed by atoms with van der Waals surface area (Å²) < 4.78 is 0. The second kappa shape index (κ2) is 6.96. The van der Waals surface area contributed by atoms with Crippen LogP contribution in [-0.2, 0) is 13.0 Å². The van der Waals surface area contributed by atoms with Gasteiger partial charge < -0.3 is 5.32 Å². The number of carbonyl (C=O) groups excluding carboxylic acids is 1. The number of hydrogen-bond donors (Lipinski definition) is 1. The van der Waals surface area contributed by atoms with Crippen molar-refractivity contribution in [3.8, 4) is 0 Å². The standard InChI is InChI=1S/C20H23ClN2O/c1-20(2,14-22-19(24)17-9-5-6-10-18(17)21)23-12-11-15-7-3-4-8-16(15)13-23/h3-10H,11-14H2,1-2H3,(H,22,24).